The topological polar surface area (TPSA) is 9.23 Å². The Hall–Kier alpha value is -1.98. The van der Waals surface area contributed by atoms with Crippen LogP contribution in [-0.4, -0.2) is 14.4 Å². The van der Waals surface area contributed by atoms with E-state index in [4.69, 9.17) is 4.74 Å². The van der Waals surface area contributed by atoms with Gasteiger partial charge in [-0.3, -0.25) is 0 Å². The summed E-state index contributed by atoms with van der Waals surface area (Å²) in [5.74, 6) is -3.27. The molecular weight excluding hydrogens is 271 g/mol. The fraction of sp³-hybridized carbons (Fsp3) is 0.143. The van der Waals surface area contributed by atoms with E-state index in [1.54, 1.807) is 0 Å². The Kier molecular flexibility index (Phi) is 4.02. The summed E-state index contributed by atoms with van der Waals surface area (Å²) < 4.78 is 58.5. The van der Waals surface area contributed by atoms with Gasteiger partial charge in [-0.2, -0.15) is 0 Å². The van der Waals surface area contributed by atoms with Crippen LogP contribution in [0.3, 0.4) is 0 Å². The molecule has 6 heteroatoms. The fourth-order valence-corrected chi connectivity index (χ4v) is 1.82. The van der Waals surface area contributed by atoms with Gasteiger partial charge in [-0.15, -0.1) is 0 Å². The average Bonchev–Trinajstić information content (AvgIpc) is 2.38. The molecule has 0 spiro atoms. The van der Waals surface area contributed by atoms with Crippen LogP contribution in [0, 0.1) is 30.2 Å². The number of hydrogen-bond acceptors (Lipinski definition) is 1. The number of aryl methyl sites for hydroxylation is 1. The van der Waals surface area contributed by atoms with Gasteiger partial charge in [0, 0.05) is 18.2 Å². The van der Waals surface area contributed by atoms with Crippen molar-refractivity contribution < 1.29 is 22.3 Å². The van der Waals surface area contributed by atoms with Gasteiger partial charge in [0.15, 0.2) is 0 Å². The first-order valence-electron chi connectivity index (χ1n) is 5.76. The number of ether oxygens (including phenoxy) is 1. The van der Waals surface area contributed by atoms with E-state index in [9.17, 15) is 17.6 Å². The summed E-state index contributed by atoms with van der Waals surface area (Å²) in [6, 6.07) is 3.62. The Balaban J connectivity index is 2.47. The van der Waals surface area contributed by atoms with Crippen LogP contribution in [0.25, 0.3) is 0 Å². The van der Waals surface area contributed by atoms with Crippen molar-refractivity contribution >= 4 is 18.2 Å². The van der Waals surface area contributed by atoms with Gasteiger partial charge in [0.2, 0.25) is 7.28 Å². The summed E-state index contributed by atoms with van der Waals surface area (Å²) in [6.07, 6.45) is 0. The highest BCUT2D eigenvalue weighted by molar-refractivity contribution is 6.68. The molecule has 1 nitrogen and oxygen atoms in total. The van der Waals surface area contributed by atoms with E-state index in [0.29, 0.717) is 6.07 Å². The second-order valence-corrected chi connectivity index (χ2v) is 4.27. The molecule has 1 radical (unpaired) electrons. The Morgan fingerprint density at radius 3 is 2.25 bits per heavy atom. The van der Waals surface area contributed by atoms with Crippen LogP contribution in [-0.2, 0) is 0 Å². The molecule has 0 saturated heterocycles. The minimum atomic E-state index is -0.886. The summed E-state index contributed by atoms with van der Waals surface area (Å²) in [5.41, 5.74) is 0.116. The van der Waals surface area contributed by atoms with Gasteiger partial charge >= 0.3 is 0 Å². The molecule has 0 heterocycles. The lowest BCUT2D eigenvalue weighted by Gasteiger charge is -2.10. The summed E-state index contributed by atoms with van der Waals surface area (Å²) in [7, 11) is 2.40. The van der Waals surface area contributed by atoms with Crippen LogP contribution in [0.2, 0.25) is 0 Å². The first-order chi connectivity index (χ1) is 9.42. The van der Waals surface area contributed by atoms with Gasteiger partial charge in [-0.1, -0.05) is 6.07 Å². The molecule has 2 aromatic rings. The van der Waals surface area contributed by atoms with E-state index < -0.39 is 23.3 Å². The Labute approximate surface area is 114 Å². The number of halogens is 4. The van der Waals surface area contributed by atoms with Gasteiger partial charge in [-0.05, 0) is 23.4 Å². The number of rotatable bonds is 3. The molecule has 0 fully saturated rings. The summed E-state index contributed by atoms with van der Waals surface area (Å²) >= 11 is 0. The molecule has 0 N–H and O–H groups in total. The standard InChI is InChI=1S/C14H10BF4O/c1-7-3-9(11(18)6-10(7)17)15-14-12(19)4-8(16)5-13(14)20-2/h3-6H,1-2H3. The molecule has 0 bridgehead atoms. The van der Waals surface area contributed by atoms with E-state index in [0.717, 1.165) is 19.4 Å². The average molecular weight is 281 g/mol. The smallest absolute Gasteiger partial charge is 0.204 e. The second-order valence-electron chi connectivity index (χ2n) is 4.27. The first-order valence-corrected chi connectivity index (χ1v) is 5.76. The predicted octanol–water partition coefficient (Wildman–Crippen LogP) is 2.22. The highest BCUT2D eigenvalue weighted by Gasteiger charge is 2.17. The third kappa shape index (κ3) is 2.79. The van der Waals surface area contributed by atoms with Crippen molar-refractivity contribution in [1.29, 1.82) is 0 Å². The molecule has 0 aromatic heterocycles. The molecule has 103 valence electrons. The molecule has 0 aliphatic carbocycles. The van der Waals surface area contributed by atoms with E-state index in [1.807, 2.05) is 0 Å². The number of benzene rings is 2. The largest absolute Gasteiger partial charge is 0.497 e. The van der Waals surface area contributed by atoms with E-state index in [-0.39, 0.29) is 22.2 Å². The van der Waals surface area contributed by atoms with E-state index in [1.165, 1.54) is 20.1 Å². The van der Waals surface area contributed by atoms with Crippen molar-refractivity contribution in [2.45, 2.75) is 6.92 Å². The second kappa shape index (κ2) is 5.57. The highest BCUT2D eigenvalue weighted by Crippen LogP contribution is 2.13. The molecule has 0 amide bonds. The SMILES string of the molecule is COc1cc(F)cc(F)c1[B]c1cc(C)c(F)cc1F. The third-order valence-corrected chi connectivity index (χ3v) is 2.85. The van der Waals surface area contributed by atoms with Crippen LogP contribution in [0.4, 0.5) is 17.6 Å². The van der Waals surface area contributed by atoms with Gasteiger partial charge in [0.05, 0.1) is 7.11 Å². The zero-order valence-electron chi connectivity index (χ0n) is 10.8. The van der Waals surface area contributed by atoms with Crippen molar-refractivity contribution in [3.8, 4) is 5.75 Å². The van der Waals surface area contributed by atoms with Crippen molar-refractivity contribution in [3.05, 3.63) is 53.1 Å². The minimum absolute atomic E-state index is 0.00675. The maximum atomic E-state index is 13.7. The van der Waals surface area contributed by atoms with E-state index >= 15 is 0 Å². The lowest BCUT2D eigenvalue weighted by molar-refractivity contribution is 0.411. The maximum absolute atomic E-state index is 13.7. The quantitative estimate of drug-likeness (QED) is 0.619. The van der Waals surface area contributed by atoms with Gasteiger partial charge < -0.3 is 4.74 Å². The van der Waals surface area contributed by atoms with Crippen LogP contribution >= 0.6 is 0 Å². The van der Waals surface area contributed by atoms with Gasteiger partial charge in [0.25, 0.3) is 0 Å². The highest BCUT2D eigenvalue weighted by atomic mass is 19.1. The monoisotopic (exact) mass is 281 g/mol. The molecular formula is C14H10BF4O. The molecule has 0 unspecified atom stereocenters. The number of hydrogen-bond donors (Lipinski definition) is 0. The predicted molar refractivity (Wildman–Crippen MR) is 69.0 cm³/mol. The Morgan fingerprint density at radius 2 is 1.60 bits per heavy atom. The van der Waals surface area contributed by atoms with Crippen LogP contribution in [0.5, 0.6) is 5.75 Å². The van der Waals surface area contributed by atoms with Crippen LogP contribution in [0.15, 0.2) is 24.3 Å². The minimum Gasteiger partial charge on any atom is -0.497 e. The fourth-order valence-electron chi connectivity index (χ4n) is 1.82. The lowest BCUT2D eigenvalue weighted by atomic mass is 9.62. The molecule has 2 aromatic carbocycles. The Bertz CT molecular complexity index is 658. The van der Waals surface area contributed by atoms with Crippen LogP contribution < -0.4 is 15.7 Å². The zero-order chi connectivity index (χ0) is 14.9. The lowest BCUT2D eigenvalue weighted by Crippen LogP contribution is -2.33. The molecule has 0 aliphatic heterocycles. The summed E-state index contributed by atoms with van der Waals surface area (Å²) in [5, 5.41) is 0. The van der Waals surface area contributed by atoms with Crippen molar-refractivity contribution in [1.82, 2.24) is 0 Å². The Morgan fingerprint density at radius 1 is 0.900 bits per heavy atom. The zero-order valence-corrected chi connectivity index (χ0v) is 10.8. The first kappa shape index (κ1) is 14.4. The molecule has 0 aliphatic rings. The van der Waals surface area contributed by atoms with Crippen molar-refractivity contribution in [2.24, 2.45) is 0 Å². The summed E-state index contributed by atoms with van der Waals surface area (Å²) in [6.45, 7) is 1.46. The molecule has 0 saturated carbocycles. The third-order valence-electron chi connectivity index (χ3n) is 2.85. The summed E-state index contributed by atoms with van der Waals surface area (Å²) in [4.78, 5) is 0. The maximum Gasteiger partial charge on any atom is 0.204 e. The number of methoxy groups -OCH3 is 1. The molecule has 2 rings (SSSR count). The molecule has 0 atom stereocenters. The van der Waals surface area contributed by atoms with Gasteiger partial charge in [0.1, 0.15) is 29.0 Å². The van der Waals surface area contributed by atoms with Crippen molar-refractivity contribution in [2.75, 3.05) is 7.11 Å². The van der Waals surface area contributed by atoms with Crippen molar-refractivity contribution in [3.63, 3.8) is 0 Å². The normalized spacial score (nSPS) is 10.5. The molecule has 20 heavy (non-hydrogen) atoms. The van der Waals surface area contributed by atoms with E-state index in [2.05, 4.69) is 0 Å². The van der Waals surface area contributed by atoms with Crippen LogP contribution in [0.1, 0.15) is 5.56 Å². The van der Waals surface area contributed by atoms with Gasteiger partial charge in [-0.25, -0.2) is 17.6 Å².